The van der Waals surface area contributed by atoms with E-state index in [0.717, 1.165) is 6.42 Å². The molecule has 60 valence electrons. The second-order valence-corrected chi connectivity index (χ2v) is 3.26. The summed E-state index contributed by atoms with van der Waals surface area (Å²) in [7, 11) is 0. The lowest BCUT2D eigenvalue weighted by Crippen LogP contribution is -2.43. The second kappa shape index (κ2) is 2.74. The van der Waals surface area contributed by atoms with E-state index < -0.39 is 5.41 Å². The molecule has 1 unspecified atom stereocenters. The largest absolute Gasteiger partial charge is 0.355 e. The Morgan fingerprint density at radius 1 is 1.73 bits per heavy atom. The lowest BCUT2D eigenvalue weighted by atomic mass is 9.81. The van der Waals surface area contributed by atoms with Crippen LogP contribution in [0.1, 0.15) is 20.3 Å². The van der Waals surface area contributed by atoms with Crippen LogP contribution in [0.15, 0.2) is 12.3 Å². The van der Waals surface area contributed by atoms with E-state index in [0.29, 0.717) is 4.99 Å². The minimum absolute atomic E-state index is 0.101. The van der Waals surface area contributed by atoms with E-state index in [2.05, 4.69) is 5.32 Å². The van der Waals surface area contributed by atoms with Crippen molar-refractivity contribution in [2.24, 2.45) is 5.41 Å². The fourth-order valence-electron chi connectivity index (χ4n) is 0.983. The summed E-state index contributed by atoms with van der Waals surface area (Å²) in [5, 5.41) is 2.88. The van der Waals surface area contributed by atoms with Crippen LogP contribution in [-0.4, -0.2) is 10.8 Å². The van der Waals surface area contributed by atoms with Crippen LogP contribution in [0.4, 0.5) is 0 Å². The van der Waals surface area contributed by atoms with Crippen molar-refractivity contribution in [3.8, 4) is 0 Å². The van der Waals surface area contributed by atoms with E-state index in [9.17, 15) is 4.79 Å². The Bertz CT molecular complexity index is 234. The predicted octanol–water partition coefficient (Wildman–Crippen LogP) is 1.42. The Morgan fingerprint density at radius 3 is 2.73 bits per heavy atom. The van der Waals surface area contributed by atoms with E-state index >= 15 is 0 Å². The van der Waals surface area contributed by atoms with Crippen molar-refractivity contribution in [1.29, 1.82) is 0 Å². The highest BCUT2D eigenvalue weighted by molar-refractivity contribution is 7.80. The van der Waals surface area contributed by atoms with Crippen LogP contribution in [0.3, 0.4) is 0 Å². The molecule has 1 aliphatic rings. The van der Waals surface area contributed by atoms with Crippen molar-refractivity contribution in [2.75, 3.05) is 0 Å². The molecule has 0 aromatic heterocycles. The van der Waals surface area contributed by atoms with Gasteiger partial charge in [0.25, 0.3) is 0 Å². The number of thiocarbonyl (C=S) groups is 1. The van der Waals surface area contributed by atoms with Crippen molar-refractivity contribution in [3.63, 3.8) is 0 Å². The third kappa shape index (κ3) is 1.20. The van der Waals surface area contributed by atoms with E-state index in [1.165, 1.54) is 0 Å². The lowest BCUT2D eigenvalue weighted by Gasteiger charge is -2.28. The molecule has 0 saturated heterocycles. The number of nitrogens with one attached hydrogen (secondary N) is 1. The first-order valence-corrected chi connectivity index (χ1v) is 4.04. The molecule has 0 amide bonds. The molecule has 0 aliphatic carbocycles. The van der Waals surface area contributed by atoms with Gasteiger partial charge in [-0.2, -0.15) is 0 Å². The molecule has 0 fully saturated rings. The van der Waals surface area contributed by atoms with Crippen molar-refractivity contribution in [1.82, 2.24) is 5.32 Å². The highest BCUT2D eigenvalue weighted by atomic mass is 32.1. The summed E-state index contributed by atoms with van der Waals surface area (Å²) in [4.78, 5) is 12.0. The quantitative estimate of drug-likeness (QED) is 0.602. The second-order valence-electron chi connectivity index (χ2n) is 2.86. The molecule has 0 radical (unpaired) electrons. The van der Waals surface area contributed by atoms with Gasteiger partial charge in [-0.3, -0.25) is 4.79 Å². The molecular formula is C8H11NOS. The summed E-state index contributed by atoms with van der Waals surface area (Å²) in [6.45, 7) is 3.83. The third-order valence-electron chi connectivity index (χ3n) is 2.20. The van der Waals surface area contributed by atoms with E-state index in [1.807, 2.05) is 13.8 Å². The molecule has 0 aromatic rings. The summed E-state index contributed by atoms with van der Waals surface area (Å²) >= 11 is 5.03. The molecule has 0 bridgehead atoms. The first kappa shape index (κ1) is 8.40. The lowest BCUT2D eigenvalue weighted by molar-refractivity contribution is -0.120. The molecule has 2 nitrogen and oxygen atoms in total. The Hall–Kier alpha value is -0.700. The first-order chi connectivity index (χ1) is 5.11. The summed E-state index contributed by atoms with van der Waals surface area (Å²) in [5.74, 6) is 0.101. The van der Waals surface area contributed by atoms with Crippen molar-refractivity contribution in [2.45, 2.75) is 20.3 Å². The van der Waals surface area contributed by atoms with Gasteiger partial charge in [0.2, 0.25) is 0 Å². The van der Waals surface area contributed by atoms with Crippen LogP contribution in [0.2, 0.25) is 0 Å². The minimum atomic E-state index is -0.468. The maximum Gasteiger partial charge on any atom is 0.169 e. The molecule has 3 heteroatoms. The molecular weight excluding hydrogens is 158 g/mol. The average molecular weight is 169 g/mol. The van der Waals surface area contributed by atoms with Crippen molar-refractivity contribution < 1.29 is 4.79 Å². The smallest absolute Gasteiger partial charge is 0.169 e. The average Bonchev–Trinajstić information content (AvgIpc) is 2.00. The van der Waals surface area contributed by atoms with Crippen molar-refractivity contribution >= 4 is 23.0 Å². The van der Waals surface area contributed by atoms with Gasteiger partial charge in [0.1, 0.15) is 0 Å². The molecule has 1 N–H and O–H groups in total. The van der Waals surface area contributed by atoms with E-state index in [-0.39, 0.29) is 5.78 Å². The zero-order valence-corrected chi connectivity index (χ0v) is 7.49. The fourth-order valence-corrected chi connectivity index (χ4v) is 1.30. The van der Waals surface area contributed by atoms with Crippen LogP contribution in [0, 0.1) is 5.41 Å². The number of hydrogen-bond acceptors (Lipinski definition) is 2. The van der Waals surface area contributed by atoms with Crippen LogP contribution >= 0.6 is 12.2 Å². The van der Waals surface area contributed by atoms with E-state index in [4.69, 9.17) is 12.2 Å². The van der Waals surface area contributed by atoms with Gasteiger partial charge in [-0.15, -0.1) is 0 Å². The summed E-state index contributed by atoms with van der Waals surface area (Å²) in [5.41, 5.74) is -0.468. The molecule has 1 rings (SSSR count). The van der Waals surface area contributed by atoms with Gasteiger partial charge >= 0.3 is 0 Å². The third-order valence-corrected chi connectivity index (χ3v) is 2.77. The topological polar surface area (TPSA) is 29.1 Å². The Labute approximate surface area is 71.7 Å². The van der Waals surface area contributed by atoms with Crippen LogP contribution < -0.4 is 5.32 Å². The number of hydrogen-bond donors (Lipinski definition) is 1. The summed E-state index contributed by atoms with van der Waals surface area (Å²) in [6.07, 6.45) is 3.89. The molecule has 1 aliphatic heterocycles. The van der Waals surface area contributed by atoms with Crippen molar-refractivity contribution in [3.05, 3.63) is 12.3 Å². The van der Waals surface area contributed by atoms with E-state index in [1.54, 1.807) is 12.3 Å². The minimum Gasteiger partial charge on any atom is -0.355 e. The standard InChI is InChI=1S/C8H11NOS/c1-3-8(2)6(10)4-5-9-7(8)11/h4-5H,3H2,1-2H3,(H,9,11). The first-order valence-electron chi connectivity index (χ1n) is 3.63. The van der Waals surface area contributed by atoms with Gasteiger partial charge in [-0.05, 0) is 19.4 Å². The molecule has 11 heavy (non-hydrogen) atoms. The molecule has 0 aromatic carbocycles. The zero-order chi connectivity index (χ0) is 8.48. The Kier molecular flexibility index (Phi) is 2.09. The van der Waals surface area contributed by atoms with Gasteiger partial charge in [-0.25, -0.2) is 0 Å². The normalized spacial score (nSPS) is 30.4. The van der Waals surface area contributed by atoms with Crippen LogP contribution in [0.25, 0.3) is 0 Å². The SMILES string of the molecule is CCC1(C)C(=O)C=CNC1=S. The van der Waals surface area contributed by atoms with Crippen LogP contribution in [-0.2, 0) is 4.79 Å². The number of rotatable bonds is 1. The number of carbonyl (C=O) groups excluding carboxylic acids is 1. The van der Waals surface area contributed by atoms with Gasteiger partial charge in [0, 0.05) is 6.20 Å². The maximum absolute atomic E-state index is 11.3. The fraction of sp³-hybridized carbons (Fsp3) is 0.500. The van der Waals surface area contributed by atoms with Gasteiger partial charge < -0.3 is 5.32 Å². The molecule has 0 saturated carbocycles. The van der Waals surface area contributed by atoms with Gasteiger partial charge in [-0.1, -0.05) is 19.1 Å². The molecule has 0 spiro atoms. The Balaban J connectivity index is 3.00. The maximum atomic E-state index is 11.3. The van der Waals surface area contributed by atoms with Gasteiger partial charge in [0.05, 0.1) is 10.4 Å². The molecule has 1 heterocycles. The zero-order valence-electron chi connectivity index (χ0n) is 6.68. The highest BCUT2D eigenvalue weighted by Crippen LogP contribution is 2.26. The summed E-state index contributed by atoms with van der Waals surface area (Å²) in [6, 6.07) is 0. The monoisotopic (exact) mass is 169 g/mol. The number of ketones is 1. The number of allylic oxidation sites excluding steroid dienone is 1. The Morgan fingerprint density at radius 2 is 2.36 bits per heavy atom. The highest BCUT2D eigenvalue weighted by Gasteiger charge is 2.35. The van der Waals surface area contributed by atoms with Gasteiger partial charge in [0.15, 0.2) is 5.78 Å². The molecule has 1 atom stereocenters. The number of carbonyl (C=O) groups is 1. The van der Waals surface area contributed by atoms with Crippen LogP contribution in [0.5, 0.6) is 0 Å². The summed E-state index contributed by atoms with van der Waals surface area (Å²) < 4.78 is 0. The predicted molar refractivity (Wildman–Crippen MR) is 48.3 cm³/mol.